The summed E-state index contributed by atoms with van der Waals surface area (Å²) >= 11 is 6.00. The Balaban J connectivity index is 1.96. The first-order valence-corrected chi connectivity index (χ1v) is 8.10. The summed E-state index contributed by atoms with van der Waals surface area (Å²) in [5, 5.41) is 19.9. The van der Waals surface area contributed by atoms with E-state index in [1.165, 1.54) is 0 Å². The Labute approximate surface area is 137 Å². The Morgan fingerprint density at radius 1 is 1.45 bits per heavy atom. The average molecular weight is 323 g/mol. The molecule has 120 valence electrons. The third-order valence-corrected chi connectivity index (χ3v) is 4.46. The molecule has 0 aliphatic carbocycles. The SMILES string of the molecule is CCOCC1CN(CC(O)c2cc(Cl)cc(C#N)c2)CC1C. The van der Waals surface area contributed by atoms with E-state index in [0.29, 0.717) is 34.5 Å². The Bertz CT molecular complexity index is 544. The monoisotopic (exact) mass is 322 g/mol. The van der Waals surface area contributed by atoms with Crippen LogP contribution in [-0.2, 0) is 4.74 Å². The van der Waals surface area contributed by atoms with Crippen molar-refractivity contribution in [1.82, 2.24) is 4.90 Å². The van der Waals surface area contributed by atoms with Crippen molar-refractivity contribution < 1.29 is 9.84 Å². The van der Waals surface area contributed by atoms with E-state index in [2.05, 4.69) is 17.9 Å². The van der Waals surface area contributed by atoms with Crippen LogP contribution in [0.2, 0.25) is 5.02 Å². The molecule has 3 unspecified atom stereocenters. The Hall–Kier alpha value is -1.12. The minimum atomic E-state index is -0.635. The van der Waals surface area contributed by atoms with Gasteiger partial charge in [-0.05, 0) is 42.5 Å². The van der Waals surface area contributed by atoms with Gasteiger partial charge in [-0.2, -0.15) is 5.26 Å². The van der Waals surface area contributed by atoms with Gasteiger partial charge in [-0.3, -0.25) is 4.90 Å². The number of benzene rings is 1. The zero-order valence-corrected chi connectivity index (χ0v) is 13.9. The highest BCUT2D eigenvalue weighted by molar-refractivity contribution is 6.30. The molecule has 0 amide bonds. The van der Waals surface area contributed by atoms with Crippen LogP contribution in [0.5, 0.6) is 0 Å². The molecule has 4 nitrogen and oxygen atoms in total. The minimum absolute atomic E-state index is 0.477. The molecule has 0 bridgehead atoms. The van der Waals surface area contributed by atoms with Crippen molar-refractivity contribution in [3.63, 3.8) is 0 Å². The molecule has 1 N–H and O–H groups in total. The fourth-order valence-electron chi connectivity index (χ4n) is 3.00. The van der Waals surface area contributed by atoms with Gasteiger partial charge < -0.3 is 9.84 Å². The van der Waals surface area contributed by atoms with Gasteiger partial charge in [0.15, 0.2) is 0 Å². The zero-order valence-electron chi connectivity index (χ0n) is 13.1. The summed E-state index contributed by atoms with van der Waals surface area (Å²) in [5.41, 5.74) is 1.18. The highest BCUT2D eigenvalue weighted by Gasteiger charge is 2.30. The van der Waals surface area contributed by atoms with Gasteiger partial charge in [0.05, 0.1) is 24.3 Å². The lowest BCUT2D eigenvalue weighted by molar-refractivity contribution is 0.0951. The lowest BCUT2D eigenvalue weighted by atomic mass is 9.99. The van der Waals surface area contributed by atoms with E-state index in [-0.39, 0.29) is 0 Å². The average Bonchev–Trinajstić information content (AvgIpc) is 2.84. The lowest BCUT2D eigenvalue weighted by Crippen LogP contribution is -2.27. The largest absolute Gasteiger partial charge is 0.387 e. The second-order valence-corrected chi connectivity index (χ2v) is 6.45. The molecule has 3 atom stereocenters. The molecule has 1 aromatic carbocycles. The highest BCUT2D eigenvalue weighted by Crippen LogP contribution is 2.27. The number of halogens is 1. The fourth-order valence-corrected chi connectivity index (χ4v) is 3.24. The maximum atomic E-state index is 10.4. The van der Waals surface area contributed by atoms with E-state index in [1.54, 1.807) is 18.2 Å². The summed E-state index contributed by atoms with van der Waals surface area (Å²) in [6, 6.07) is 7.10. The van der Waals surface area contributed by atoms with Crippen LogP contribution < -0.4 is 0 Å². The van der Waals surface area contributed by atoms with Crippen molar-refractivity contribution in [2.24, 2.45) is 11.8 Å². The summed E-state index contributed by atoms with van der Waals surface area (Å²) in [6.07, 6.45) is -0.635. The van der Waals surface area contributed by atoms with Gasteiger partial charge in [-0.1, -0.05) is 18.5 Å². The number of aliphatic hydroxyl groups is 1. The van der Waals surface area contributed by atoms with Crippen LogP contribution >= 0.6 is 11.6 Å². The van der Waals surface area contributed by atoms with Gasteiger partial charge in [0.25, 0.3) is 0 Å². The van der Waals surface area contributed by atoms with Crippen LogP contribution in [0.3, 0.4) is 0 Å². The van der Waals surface area contributed by atoms with Crippen molar-refractivity contribution >= 4 is 11.6 Å². The third kappa shape index (κ3) is 4.44. The number of likely N-dealkylation sites (tertiary alicyclic amines) is 1. The number of nitriles is 1. The van der Waals surface area contributed by atoms with Gasteiger partial charge >= 0.3 is 0 Å². The molecule has 0 spiro atoms. The van der Waals surface area contributed by atoms with Gasteiger partial charge in [0, 0.05) is 31.3 Å². The van der Waals surface area contributed by atoms with Crippen LogP contribution in [0.25, 0.3) is 0 Å². The summed E-state index contributed by atoms with van der Waals surface area (Å²) in [7, 11) is 0. The second-order valence-electron chi connectivity index (χ2n) is 6.02. The topological polar surface area (TPSA) is 56.5 Å². The molecule has 2 rings (SSSR count). The maximum absolute atomic E-state index is 10.4. The van der Waals surface area contributed by atoms with E-state index in [0.717, 1.165) is 26.3 Å². The predicted octanol–water partition coefficient (Wildman–Crippen LogP) is 2.85. The number of β-amino-alcohol motifs (C(OH)–C–C–N with tert-alkyl or cyclic N) is 1. The second kappa shape index (κ2) is 7.94. The number of ether oxygens (including phenoxy) is 1. The van der Waals surface area contributed by atoms with Crippen molar-refractivity contribution in [3.8, 4) is 6.07 Å². The molecule has 0 saturated carbocycles. The van der Waals surface area contributed by atoms with Crippen molar-refractivity contribution in [2.75, 3.05) is 32.8 Å². The number of aliphatic hydroxyl groups excluding tert-OH is 1. The van der Waals surface area contributed by atoms with E-state index in [1.807, 2.05) is 6.92 Å². The normalized spacial score (nSPS) is 23.4. The first-order valence-electron chi connectivity index (χ1n) is 7.72. The van der Waals surface area contributed by atoms with Gasteiger partial charge in [-0.15, -0.1) is 0 Å². The molecular weight excluding hydrogens is 300 g/mol. The third-order valence-electron chi connectivity index (χ3n) is 4.24. The first-order chi connectivity index (χ1) is 10.5. The number of hydrogen-bond acceptors (Lipinski definition) is 4. The van der Waals surface area contributed by atoms with Crippen molar-refractivity contribution in [2.45, 2.75) is 20.0 Å². The Morgan fingerprint density at radius 2 is 2.23 bits per heavy atom. The summed E-state index contributed by atoms with van der Waals surface area (Å²) in [5.74, 6) is 1.08. The van der Waals surface area contributed by atoms with Crippen LogP contribution in [-0.4, -0.2) is 42.9 Å². The number of nitrogens with zero attached hydrogens (tertiary/aromatic N) is 2. The van der Waals surface area contributed by atoms with Crippen LogP contribution in [0, 0.1) is 23.2 Å². The standard InChI is InChI=1S/C17H23ClN2O2/c1-3-22-11-15-9-20(8-12(15)2)10-17(21)14-4-13(7-19)5-16(18)6-14/h4-6,12,15,17,21H,3,8-11H2,1-2H3. The molecule has 1 aliphatic rings. The summed E-state index contributed by atoms with van der Waals surface area (Å²) < 4.78 is 5.53. The van der Waals surface area contributed by atoms with Gasteiger partial charge in [-0.25, -0.2) is 0 Å². The number of hydrogen-bond donors (Lipinski definition) is 1. The van der Waals surface area contributed by atoms with Gasteiger partial charge in [0.2, 0.25) is 0 Å². The molecule has 1 fully saturated rings. The molecule has 0 aromatic heterocycles. The van der Waals surface area contributed by atoms with E-state index in [9.17, 15) is 5.11 Å². The quantitative estimate of drug-likeness (QED) is 0.875. The molecule has 5 heteroatoms. The molecule has 1 aliphatic heterocycles. The maximum Gasteiger partial charge on any atom is 0.0992 e. The van der Waals surface area contributed by atoms with Gasteiger partial charge in [0.1, 0.15) is 0 Å². The van der Waals surface area contributed by atoms with E-state index < -0.39 is 6.10 Å². The summed E-state index contributed by atoms with van der Waals surface area (Å²) in [4.78, 5) is 2.26. The minimum Gasteiger partial charge on any atom is -0.387 e. The molecule has 1 saturated heterocycles. The molecule has 22 heavy (non-hydrogen) atoms. The van der Waals surface area contributed by atoms with E-state index >= 15 is 0 Å². The molecular formula is C17H23ClN2O2. The predicted molar refractivity (Wildman–Crippen MR) is 86.7 cm³/mol. The molecule has 1 heterocycles. The first kappa shape index (κ1) is 17.2. The fraction of sp³-hybridized carbons (Fsp3) is 0.588. The van der Waals surface area contributed by atoms with Crippen LogP contribution in [0.1, 0.15) is 31.1 Å². The smallest absolute Gasteiger partial charge is 0.0992 e. The van der Waals surface area contributed by atoms with Crippen LogP contribution in [0.4, 0.5) is 0 Å². The van der Waals surface area contributed by atoms with Crippen molar-refractivity contribution in [1.29, 1.82) is 5.26 Å². The lowest BCUT2D eigenvalue weighted by Gasteiger charge is -2.20. The van der Waals surface area contributed by atoms with Crippen LogP contribution in [0.15, 0.2) is 18.2 Å². The van der Waals surface area contributed by atoms with Crippen molar-refractivity contribution in [3.05, 3.63) is 34.3 Å². The molecule has 1 aromatic rings. The Morgan fingerprint density at radius 3 is 2.91 bits per heavy atom. The summed E-state index contributed by atoms with van der Waals surface area (Å²) in [6.45, 7) is 8.20. The highest BCUT2D eigenvalue weighted by atomic mass is 35.5. The zero-order chi connectivity index (χ0) is 16.1. The Kier molecular flexibility index (Phi) is 6.22. The van der Waals surface area contributed by atoms with E-state index in [4.69, 9.17) is 21.6 Å². The number of rotatable bonds is 6. The molecule has 0 radical (unpaired) electrons.